The Bertz CT molecular complexity index is 156. The Kier molecular flexibility index (Phi) is 4.84. The molecule has 0 saturated carbocycles. The lowest BCUT2D eigenvalue weighted by Crippen LogP contribution is -2.13. The Hall–Kier alpha value is -0.590. The molecule has 0 aliphatic heterocycles. The molecule has 0 saturated heterocycles. The van der Waals surface area contributed by atoms with Gasteiger partial charge in [-0.3, -0.25) is 4.79 Å². The van der Waals surface area contributed by atoms with Crippen molar-refractivity contribution >= 4 is 5.78 Å². The van der Waals surface area contributed by atoms with Gasteiger partial charge in [0.2, 0.25) is 0 Å². The number of hydrogen-bond acceptors (Lipinski definition) is 1. The maximum absolute atomic E-state index is 11.3. The number of rotatable bonds is 4. The van der Waals surface area contributed by atoms with Crippen molar-refractivity contribution < 1.29 is 4.79 Å². The highest BCUT2D eigenvalue weighted by atomic mass is 16.1. The molecule has 0 heterocycles. The average molecular weight is 154 g/mol. The van der Waals surface area contributed by atoms with Crippen LogP contribution in [-0.2, 0) is 4.79 Å². The summed E-state index contributed by atoms with van der Waals surface area (Å²) in [5, 5.41) is 0. The third-order valence-electron chi connectivity index (χ3n) is 2.15. The number of ketones is 1. The summed E-state index contributed by atoms with van der Waals surface area (Å²) in [6, 6.07) is 0. The molecule has 11 heavy (non-hydrogen) atoms. The summed E-state index contributed by atoms with van der Waals surface area (Å²) >= 11 is 0. The van der Waals surface area contributed by atoms with Gasteiger partial charge < -0.3 is 0 Å². The molecular formula is C10H18O. The van der Waals surface area contributed by atoms with Crippen LogP contribution < -0.4 is 0 Å². The lowest BCUT2D eigenvalue weighted by Gasteiger charge is -2.12. The Morgan fingerprint density at radius 3 is 2.27 bits per heavy atom. The zero-order valence-corrected chi connectivity index (χ0v) is 7.98. The van der Waals surface area contributed by atoms with Crippen LogP contribution in [0.5, 0.6) is 0 Å². The number of hydrogen-bond donors (Lipinski definition) is 0. The smallest absolute Gasteiger partial charge is 0.139 e. The predicted octanol–water partition coefficient (Wildman–Crippen LogP) is 2.96. The van der Waals surface area contributed by atoms with Gasteiger partial charge in [0.05, 0.1) is 0 Å². The van der Waals surface area contributed by atoms with Crippen LogP contribution in [-0.4, -0.2) is 5.78 Å². The predicted molar refractivity (Wildman–Crippen MR) is 48.5 cm³/mol. The van der Waals surface area contributed by atoms with Crippen LogP contribution in [0.2, 0.25) is 0 Å². The van der Waals surface area contributed by atoms with E-state index in [1.807, 2.05) is 26.8 Å². The zero-order valence-electron chi connectivity index (χ0n) is 7.98. The number of allylic oxidation sites excluding steroid dienone is 2. The fourth-order valence-electron chi connectivity index (χ4n) is 1.25. The summed E-state index contributed by atoms with van der Waals surface area (Å²) < 4.78 is 0. The summed E-state index contributed by atoms with van der Waals surface area (Å²) in [4.78, 5) is 11.3. The molecule has 0 aliphatic rings. The van der Waals surface area contributed by atoms with Crippen molar-refractivity contribution in [2.24, 2.45) is 5.92 Å². The lowest BCUT2D eigenvalue weighted by molar-refractivity contribution is -0.121. The largest absolute Gasteiger partial charge is 0.299 e. The van der Waals surface area contributed by atoms with E-state index in [4.69, 9.17) is 0 Å². The summed E-state index contributed by atoms with van der Waals surface area (Å²) in [5.74, 6) is 0.535. The van der Waals surface area contributed by atoms with Crippen LogP contribution in [0, 0.1) is 5.92 Å². The van der Waals surface area contributed by atoms with Crippen LogP contribution in [0.25, 0.3) is 0 Å². The van der Waals surface area contributed by atoms with Crippen LogP contribution in [0.3, 0.4) is 0 Å². The van der Waals surface area contributed by atoms with Crippen molar-refractivity contribution in [1.29, 1.82) is 0 Å². The first-order chi connectivity index (χ1) is 5.17. The van der Waals surface area contributed by atoms with Gasteiger partial charge in [0.15, 0.2) is 0 Å². The maximum Gasteiger partial charge on any atom is 0.139 e. The minimum Gasteiger partial charge on any atom is -0.299 e. The molecule has 0 aliphatic carbocycles. The molecule has 0 aromatic rings. The Balaban J connectivity index is 4.28. The van der Waals surface area contributed by atoms with Gasteiger partial charge in [-0.05, 0) is 20.3 Å². The summed E-state index contributed by atoms with van der Waals surface area (Å²) in [7, 11) is 0. The molecule has 1 nitrogen and oxygen atoms in total. The second-order valence-corrected chi connectivity index (χ2v) is 2.81. The molecule has 0 rings (SSSR count). The van der Waals surface area contributed by atoms with Gasteiger partial charge in [0.1, 0.15) is 5.78 Å². The Morgan fingerprint density at radius 2 is 2.00 bits per heavy atom. The molecule has 1 heteroatoms. The third kappa shape index (κ3) is 2.87. The van der Waals surface area contributed by atoms with Gasteiger partial charge in [0, 0.05) is 12.3 Å². The Labute approximate surface area is 69.5 Å². The molecule has 1 atom stereocenters. The average Bonchev–Trinajstić information content (AvgIpc) is 2.05. The van der Waals surface area contributed by atoms with Gasteiger partial charge in [-0.2, -0.15) is 0 Å². The van der Waals surface area contributed by atoms with Crippen molar-refractivity contribution in [3.8, 4) is 0 Å². The Morgan fingerprint density at radius 1 is 1.45 bits per heavy atom. The topological polar surface area (TPSA) is 17.1 Å². The van der Waals surface area contributed by atoms with E-state index in [-0.39, 0.29) is 5.92 Å². The van der Waals surface area contributed by atoms with Crippen LogP contribution in [0.15, 0.2) is 11.6 Å². The van der Waals surface area contributed by atoms with Gasteiger partial charge in [0.25, 0.3) is 0 Å². The summed E-state index contributed by atoms with van der Waals surface area (Å²) in [5.41, 5.74) is 1.21. The lowest BCUT2D eigenvalue weighted by atomic mass is 9.92. The highest BCUT2D eigenvalue weighted by Crippen LogP contribution is 2.16. The van der Waals surface area contributed by atoms with E-state index >= 15 is 0 Å². The number of Topliss-reactive ketones (excluding diaryl/α,β-unsaturated/α-hetero) is 1. The number of carbonyl (C=O) groups is 1. The van der Waals surface area contributed by atoms with Crippen molar-refractivity contribution in [3.05, 3.63) is 11.6 Å². The standard InChI is InChI=1S/C10H18O/c1-5-8(4)9(6-2)10(11)7-3/h5,9H,6-7H2,1-4H3/b8-5+. The van der Waals surface area contributed by atoms with Gasteiger partial charge in [-0.15, -0.1) is 0 Å². The molecule has 0 aromatic carbocycles. The summed E-state index contributed by atoms with van der Waals surface area (Å²) in [6.45, 7) is 8.00. The first-order valence-corrected chi connectivity index (χ1v) is 4.32. The van der Waals surface area contributed by atoms with Crippen LogP contribution in [0.4, 0.5) is 0 Å². The zero-order chi connectivity index (χ0) is 8.85. The van der Waals surface area contributed by atoms with E-state index in [1.54, 1.807) is 0 Å². The van der Waals surface area contributed by atoms with E-state index in [0.717, 1.165) is 6.42 Å². The fourth-order valence-corrected chi connectivity index (χ4v) is 1.25. The molecule has 0 aromatic heterocycles. The molecule has 0 radical (unpaired) electrons. The van der Waals surface area contributed by atoms with Gasteiger partial charge >= 0.3 is 0 Å². The minimum absolute atomic E-state index is 0.171. The van der Waals surface area contributed by atoms with Crippen molar-refractivity contribution in [2.75, 3.05) is 0 Å². The van der Waals surface area contributed by atoms with Crippen molar-refractivity contribution in [1.82, 2.24) is 0 Å². The normalized spacial score (nSPS) is 14.7. The molecular weight excluding hydrogens is 136 g/mol. The SMILES string of the molecule is C/C=C(\C)C(CC)C(=O)CC. The van der Waals surface area contributed by atoms with Crippen molar-refractivity contribution in [2.45, 2.75) is 40.5 Å². The molecule has 64 valence electrons. The minimum atomic E-state index is 0.171. The molecule has 0 N–H and O–H groups in total. The summed E-state index contributed by atoms with van der Waals surface area (Å²) in [6.07, 6.45) is 3.62. The molecule has 1 unspecified atom stereocenters. The second kappa shape index (κ2) is 5.11. The van der Waals surface area contributed by atoms with Gasteiger partial charge in [-0.25, -0.2) is 0 Å². The van der Waals surface area contributed by atoms with Crippen LogP contribution >= 0.6 is 0 Å². The third-order valence-corrected chi connectivity index (χ3v) is 2.15. The van der Waals surface area contributed by atoms with Gasteiger partial charge in [-0.1, -0.05) is 25.5 Å². The van der Waals surface area contributed by atoms with E-state index < -0.39 is 0 Å². The van der Waals surface area contributed by atoms with E-state index in [0.29, 0.717) is 12.2 Å². The fraction of sp³-hybridized carbons (Fsp3) is 0.700. The van der Waals surface area contributed by atoms with E-state index in [2.05, 4.69) is 6.92 Å². The molecule has 0 spiro atoms. The maximum atomic E-state index is 11.3. The molecule has 0 bridgehead atoms. The molecule has 0 fully saturated rings. The molecule has 0 amide bonds. The van der Waals surface area contributed by atoms with E-state index in [9.17, 15) is 4.79 Å². The first-order valence-electron chi connectivity index (χ1n) is 4.32. The quantitative estimate of drug-likeness (QED) is 0.569. The van der Waals surface area contributed by atoms with Crippen LogP contribution in [0.1, 0.15) is 40.5 Å². The highest BCUT2D eigenvalue weighted by Gasteiger charge is 2.14. The van der Waals surface area contributed by atoms with Crippen molar-refractivity contribution in [3.63, 3.8) is 0 Å². The number of carbonyl (C=O) groups excluding carboxylic acids is 1. The second-order valence-electron chi connectivity index (χ2n) is 2.81. The van der Waals surface area contributed by atoms with E-state index in [1.165, 1.54) is 5.57 Å². The monoisotopic (exact) mass is 154 g/mol. The highest BCUT2D eigenvalue weighted by molar-refractivity contribution is 5.83. The first kappa shape index (κ1) is 10.4.